The van der Waals surface area contributed by atoms with Gasteiger partial charge in [0.1, 0.15) is 11.5 Å². The largest absolute Gasteiger partial charge is 0.497 e. The molecule has 1 aromatic heterocycles. The smallest absolute Gasteiger partial charge is 0.133 e. The Morgan fingerprint density at radius 1 is 1.25 bits per heavy atom. The monoisotopic (exact) mass is 324 g/mol. The van der Waals surface area contributed by atoms with Gasteiger partial charge in [0, 0.05) is 48.6 Å². The molecule has 0 radical (unpaired) electrons. The zero-order valence-electron chi connectivity index (χ0n) is 14.2. The van der Waals surface area contributed by atoms with Crippen molar-refractivity contribution in [1.82, 2.24) is 9.88 Å². The van der Waals surface area contributed by atoms with Crippen LogP contribution in [0.2, 0.25) is 0 Å². The number of carbonyl (C=O) groups excluding carboxylic acids is 1. The summed E-state index contributed by atoms with van der Waals surface area (Å²) in [7, 11) is 1.72. The van der Waals surface area contributed by atoms with E-state index < -0.39 is 0 Å². The summed E-state index contributed by atoms with van der Waals surface area (Å²) >= 11 is 0. The lowest BCUT2D eigenvalue weighted by Gasteiger charge is -2.47. The summed E-state index contributed by atoms with van der Waals surface area (Å²) in [5, 5.41) is 1.34. The van der Waals surface area contributed by atoms with Gasteiger partial charge in [-0.1, -0.05) is 0 Å². The number of benzene rings is 1. The first-order chi connectivity index (χ1) is 11.7. The van der Waals surface area contributed by atoms with E-state index in [1.165, 1.54) is 28.7 Å². The number of ether oxygens (including phenoxy) is 1. The van der Waals surface area contributed by atoms with Crippen LogP contribution in [0, 0.1) is 11.8 Å². The number of piperidine rings is 1. The molecule has 0 spiro atoms. The van der Waals surface area contributed by atoms with E-state index in [4.69, 9.17) is 4.74 Å². The molecule has 1 saturated heterocycles. The summed E-state index contributed by atoms with van der Waals surface area (Å²) < 4.78 is 5.38. The van der Waals surface area contributed by atoms with E-state index in [0.29, 0.717) is 17.7 Å². The zero-order valence-corrected chi connectivity index (χ0v) is 14.2. The van der Waals surface area contributed by atoms with Crippen molar-refractivity contribution < 1.29 is 9.53 Å². The van der Waals surface area contributed by atoms with E-state index >= 15 is 0 Å². The number of rotatable bonds is 1. The molecule has 1 aliphatic carbocycles. The van der Waals surface area contributed by atoms with Gasteiger partial charge in [0.15, 0.2) is 0 Å². The van der Waals surface area contributed by atoms with Gasteiger partial charge in [-0.25, -0.2) is 0 Å². The second kappa shape index (κ2) is 5.35. The molecule has 4 heteroatoms. The van der Waals surface area contributed by atoms with Gasteiger partial charge in [0.2, 0.25) is 0 Å². The predicted octanol–water partition coefficient (Wildman–Crippen LogP) is 3.46. The standard InChI is InChI=1S/C20H24N2O2/c1-24-15-4-5-16-17-6-7-22-11-12-2-3-14(23)8-13(12)9-19(22)20(17)21-18(16)10-15/h4-5,10,12-13,19,21H,2-3,6-9,11H2,1H3. The molecule has 0 bridgehead atoms. The lowest BCUT2D eigenvalue weighted by molar-refractivity contribution is -0.124. The highest BCUT2D eigenvalue weighted by Gasteiger charge is 2.42. The number of hydrogen-bond donors (Lipinski definition) is 1. The molecule has 2 fully saturated rings. The number of Topliss-reactive ketones (excluding diaryl/α,β-unsaturated/α-hetero) is 1. The van der Waals surface area contributed by atoms with Gasteiger partial charge >= 0.3 is 0 Å². The molecule has 2 aliphatic heterocycles. The second-order valence-electron chi connectivity index (χ2n) is 7.73. The lowest BCUT2D eigenvalue weighted by Crippen LogP contribution is -2.47. The SMILES string of the molecule is COc1ccc2c3c([nH]c2c1)C1CC2CC(=O)CCC2CN1CC3. The maximum atomic E-state index is 11.9. The van der Waals surface area contributed by atoms with Crippen LogP contribution in [0.4, 0.5) is 0 Å². The first-order valence-corrected chi connectivity index (χ1v) is 9.17. The molecule has 24 heavy (non-hydrogen) atoms. The van der Waals surface area contributed by atoms with Crippen molar-refractivity contribution in [3.05, 3.63) is 29.5 Å². The van der Waals surface area contributed by atoms with Crippen molar-refractivity contribution in [1.29, 1.82) is 0 Å². The van der Waals surface area contributed by atoms with Crippen molar-refractivity contribution in [2.75, 3.05) is 20.2 Å². The number of aromatic amines is 1. The molecular formula is C20H24N2O2. The summed E-state index contributed by atoms with van der Waals surface area (Å²) in [4.78, 5) is 18.2. The summed E-state index contributed by atoms with van der Waals surface area (Å²) in [5.41, 5.74) is 4.05. The van der Waals surface area contributed by atoms with Crippen molar-refractivity contribution in [2.45, 2.75) is 38.1 Å². The minimum Gasteiger partial charge on any atom is -0.497 e. The Balaban J connectivity index is 1.53. The third kappa shape index (κ3) is 2.12. The van der Waals surface area contributed by atoms with Gasteiger partial charge in [-0.15, -0.1) is 0 Å². The first kappa shape index (κ1) is 14.5. The van der Waals surface area contributed by atoms with E-state index in [1.54, 1.807) is 7.11 Å². The predicted molar refractivity (Wildman–Crippen MR) is 93.3 cm³/mol. The van der Waals surface area contributed by atoms with Crippen molar-refractivity contribution >= 4 is 16.7 Å². The molecule has 1 saturated carbocycles. The van der Waals surface area contributed by atoms with Crippen LogP contribution in [0.5, 0.6) is 5.75 Å². The van der Waals surface area contributed by atoms with E-state index in [1.807, 2.05) is 0 Å². The molecule has 4 nitrogen and oxygen atoms in total. The number of ketones is 1. The average molecular weight is 324 g/mol. The molecule has 1 N–H and O–H groups in total. The van der Waals surface area contributed by atoms with Crippen LogP contribution in [0.15, 0.2) is 18.2 Å². The molecule has 2 aromatic rings. The van der Waals surface area contributed by atoms with Crippen LogP contribution in [-0.4, -0.2) is 35.9 Å². The highest BCUT2D eigenvalue weighted by Crippen LogP contribution is 2.46. The highest BCUT2D eigenvalue weighted by molar-refractivity contribution is 5.86. The molecule has 3 aliphatic rings. The fraction of sp³-hybridized carbons (Fsp3) is 0.550. The number of carbonyl (C=O) groups is 1. The van der Waals surface area contributed by atoms with Crippen LogP contribution >= 0.6 is 0 Å². The molecular weight excluding hydrogens is 300 g/mol. The van der Waals surface area contributed by atoms with Crippen LogP contribution < -0.4 is 4.74 Å². The number of H-pyrrole nitrogens is 1. The maximum absolute atomic E-state index is 11.9. The van der Waals surface area contributed by atoms with Gasteiger partial charge in [-0.3, -0.25) is 9.69 Å². The van der Waals surface area contributed by atoms with Gasteiger partial charge in [0.25, 0.3) is 0 Å². The fourth-order valence-electron chi connectivity index (χ4n) is 5.26. The van der Waals surface area contributed by atoms with E-state index in [-0.39, 0.29) is 0 Å². The Bertz CT molecular complexity index is 809. The summed E-state index contributed by atoms with van der Waals surface area (Å²) in [6.45, 7) is 2.31. The van der Waals surface area contributed by atoms with Crippen LogP contribution in [0.3, 0.4) is 0 Å². The number of aromatic nitrogens is 1. The van der Waals surface area contributed by atoms with Crippen molar-refractivity contribution in [3.8, 4) is 5.75 Å². The van der Waals surface area contributed by atoms with E-state index in [0.717, 1.165) is 50.3 Å². The Morgan fingerprint density at radius 3 is 3.04 bits per heavy atom. The van der Waals surface area contributed by atoms with E-state index in [2.05, 4.69) is 28.1 Å². The molecule has 1 aromatic carbocycles. The average Bonchev–Trinajstić information content (AvgIpc) is 2.98. The number of nitrogens with one attached hydrogen (secondary N) is 1. The van der Waals surface area contributed by atoms with Crippen molar-refractivity contribution in [3.63, 3.8) is 0 Å². The molecule has 3 unspecified atom stereocenters. The third-order valence-electron chi connectivity index (χ3n) is 6.51. The molecule has 3 heterocycles. The third-order valence-corrected chi connectivity index (χ3v) is 6.51. The zero-order chi connectivity index (χ0) is 16.3. The fourth-order valence-corrected chi connectivity index (χ4v) is 5.26. The van der Waals surface area contributed by atoms with E-state index in [9.17, 15) is 4.79 Å². The summed E-state index contributed by atoms with van der Waals surface area (Å²) in [5.74, 6) is 2.69. The Hall–Kier alpha value is -1.81. The number of hydrogen-bond acceptors (Lipinski definition) is 3. The second-order valence-corrected chi connectivity index (χ2v) is 7.73. The minimum absolute atomic E-state index is 0.458. The van der Waals surface area contributed by atoms with Gasteiger partial charge in [-0.05, 0) is 48.8 Å². The number of fused-ring (bicyclic) bond motifs is 6. The van der Waals surface area contributed by atoms with Gasteiger partial charge in [0.05, 0.1) is 13.2 Å². The van der Waals surface area contributed by atoms with Gasteiger partial charge < -0.3 is 9.72 Å². The quantitative estimate of drug-likeness (QED) is 0.874. The van der Waals surface area contributed by atoms with Crippen LogP contribution in [0.1, 0.15) is 43.0 Å². The van der Waals surface area contributed by atoms with Gasteiger partial charge in [-0.2, -0.15) is 0 Å². The Kier molecular flexibility index (Phi) is 3.24. The Morgan fingerprint density at radius 2 is 2.17 bits per heavy atom. The normalized spacial score (nSPS) is 29.9. The Labute approximate surface area is 142 Å². The highest BCUT2D eigenvalue weighted by atomic mass is 16.5. The molecule has 5 rings (SSSR count). The topological polar surface area (TPSA) is 45.3 Å². The molecule has 126 valence electrons. The summed E-state index contributed by atoms with van der Waals surface area (Å²) in [6.07, 6.45) is 4.96. The first-order valence-electron chi connectivity index (χ1n) is 9.17. The maximum Gasteiger partial charge on any atom is 0.133 e. The van der Waals surface area contributed by atoms with Crippen molar-refractivity contribution in [2.24, 2.45) is 11.8 Å². The molecule has 3 atom stereocenters. The summed E-state index contributed by atoms with van der Waals surface area (Å²) in [6, 6.07) is 6.81. The lowest BCUT2D eigenvalue weighted by atomic mass is 9.71. The minimum atomic E-state index is 0.458. The number of nitrogens with zero attached hydrogens (tertiary/aromatic N) is 1. The number of methoxy groups -OCH3 is 1. The van der Waals surface area contributed by atoms with Crippen LogP contribution in [-0.2, 0) is 11.2 Å². The molecule has 0 amide bonds. The van der Waals surface area contributed by atoms with Crippen LogP contribution in [0.25, 0.3) is 10.9 Å².